The Kier molecular flexibility index (Phi) is 6.38. The van der Waals surface area contributed by atoms with E-state index >= 15 is 0 Å². The summed E-state index contributed by atoms with van der Waals surface area (Å²) in [6.45, 7) is 1.07. The van der Waals surface area contributed by atoms with E-state index in [2.05, 4.69) is 10.4 Å². The van der Waals surface area contributed by atoms with Gasteiger partial charge in [0.15, 0.2) is 5.69 Å². The zero-order valence-electron chi connectivity index (χ0n) is 16.7. The lowest BCUT2D eigenvalue weighted by molar-refractivity contribution is -0.143. The summed E-state index contributed by atoms with van der Waals surface area (Å²) in [6.07, 6.45) is -2.01. The third-order valence-electron chi connectivity index (χ3n) is 4.91. The molecule has 0 bridgehead atoms. The molecule has 2 aromatic carbocycles. The van der Waals surface area contributed by atoms with E-state index in [0.717, 1.165) is 19.0 Å². The Bertz CT molecular complexity index is 1090. The zero-order chi connectivity index (χ0) is 22.7. The Morgan fingerprint density at radius 1 is 1.25 bits per heavy atom. The molecular weight excluding hydrogens is 447 g/mol. The van der Waals surface area contributed by atoms with Crippen LogP contribution in [0.1, 0.15) is 28.9 Å². The van der Waals surface area contributed by atoms with Crippen LogP contribution < -0.4 is 10.1 Å². The van der Waals surface area contributed by atoms with Crippen LogP contribution in [-0.2, 0) is 10.9 Å². The second-order valence-electron chi connectivity index (χ2n) is 7.22. The van der Waals surface area contributed by atoms with E-state index in [1.807, 2.05) is 0 Å². The number of halogens is 4. The zero-order valence-corrected chi connectivity index (χ0v) is 17.5. The number of nitrogens with one attached hydrogen (secondary N) is 1. The molecule has 4 rings (SSSR count). The van der Waals surface area contributed by atoms with E-state index in [9.17, 15) is 18.0 Å². The molecule has 1 atom stereocenters. The highest BCUT2D eigenvalue weighted by Crippen LogP contribution is 2.34. The molecule has 32 heavy (non-hydrogen) atoms. The van der Waals surface area contributed by atoms with Gasteiger partial charge in [-0.3, -0.25) is 4.79 Å². The van der Waals surface area contributed by atoms with Gasteiger partial charge < -0.3 is 14.8 Å². The fourth-order valence-electron chi connectivity index (χ4n) is 3.39. The third kappa shape index (κ3) is 5.05. The van der Waals surface area contributed by atoms with E-state index in [-0.39, 0.29) is 11.8 Å². The van der Waals surface area contributed by atoms with Gasteiger partial charge in [-0.15, -0.1) is 0 Å². The summed E-state index contributed by atoms with van der Waals surface area (Å²) < 4.78 is 53.3. The highest BCUT2D eigenvalue weighted by Gasteiger charge is 2.40. The van der Waals surface area contributed by atoms with Crippen molar-refractivity contribution in [1.29, 1.82) is 0 Å². The van der Waals surface area contributed by atoms with Gasteiger partial charge in [0.2, 0.25) is 0 Å². The van der Waals surface area contributed by atoms with Crippen LogP contribution in [-0.4, -0.2) is 35.0 Å². The first-order valence-electron chi connectivity index (χ1n) is 9.88. The van der Waals surface area contributed by atoms with Crippen molar-refractivity contribution in [2.45, 2.75) is 25.1 Å². The quantitative estimate of drug-likeness (QED) is 0.532. The number of carbonyl (C=O) groups is 1. The van der Waals surface area contributed by atoms with Crippen molar-refractivity contribution in [3.63, 3.8) is 0 Å². The molecule has 2 heterocycles. The second kappa shape index (κ2) is 9.22. The van der Waals surface area contributed by atoms with Gasteiger partial charge in [0.05, 0.1) is 23.6 Å². The number of hydrogen-bond acceptors (Lipinski definition) is 4. The normalized spacial score (nSPS) is 16.2. The van der Waals surface area contributed by atoms with Gasteiger partial charge in [-0.25, -0.2) is 4.68 Å². The van der Waals surface area contributed by atoms with Gasteiger partial charge in [-0.2, -0.15) is 18.3 Å². The highest BCUT2D eigenvalue weighted by molar-refractivity contribution is 6.30. The molecule has 10 heteroatoms. The minimum atomic E-state index is -4.81. The molecule has 3 aromatic rings. The molecule has 1 aliphatic rings. The molecule has 168 valence electrons. The molecule has 1 aliphatic heterocycles. The van der Waals surface area contributed by atoms with Crippen molar-refractivity contribution < 1.29 is 27.4 Å². The Labute approximate surface area is 186 Å². The maximum absolute atomic E-state index is 13.8. The first-order chi connectivity index (χ1) is 15.3. The molecule has 0 radical (unpaired) electrons. The number of rotatable bonds is 6. The minimum absolute atomic E-state index is 0.0151. The Morgan fingerprint density at radius 2 is 2.03 bits per heavy atom. The molecule has 6 nitrogen and oxygen atoms in total. The smallest absolute Gasteiger partial charge is 0.434 e. The Morgan fingerprint density at radius 3 is 2.72 bits per heavy atom. The van der Waals surface area contributed by atoms with Gasteiger partial charge >= 0.3 is 6.18 Å². The molecule has 1 amide bonds. The predicted molar refractivity (Wildman–Crippen MR) is 112 cm³/mol. The number of nitrogens with zero attached hydrogens (tertiary/aromatic N) is 2. The van der Waals surface area contributed by atoms with Crippen LogP contribution >= 0.6 is 11.6 Å². The first-order valence-corrected chi connectivity index (χ1v) is 10.3. The number of amides is 1. The van der Waals surface area contributed by atoms with Crippen LogP contribution in [0.15, 0.2) is 54.7 Å². The summed E-state index contributed by atoms with van der Waals surface area (Å²) in [5, 5.41) is 6.65. The lowest BCUT2D eigenvalue weighted by atomic mass is 10.2. The Balaban J connectivity index is 1.54. The van der Waals surface area contributed by atoms with Gasteiger partial charge in [0, 0.05) is 23.4 Å². The van der Waals surface area contributed by atoms with Crippen LogP contribution in [0.5, 0.6) is 5.75 Å². The summed E-state index contributed by atoms with van der Waals surface area (Å²) in [5.74, 6) is -0.458. The molecule has 1 N–H and O–H groups in total. The standard InChI is InChI=1S/C22H19ClF3N3O3/c23-14-6-8-16(9-7-14)29-20(22(24,25)26)19(12-27-29)21(30)28-15-3-1-4-17(11-15)32-13-18-5-2-10-31-18/h1,3-4,6-9,11-12,18H,2,5,10,13H2,(H,28,30). The average molecular weight is 466 g/mol. The molecule has 0 saturated carbocycles. The molecule has 0 spiro atoms. The molecule has 1 saturated heterocycles. The number of anilines is 1. The second-order valence-corrected chi connectivity index (χ2v) is 7.66. The largest absolute Gasteiger partial charge is 0.491 e. The number of alkyl halides is 3. The van der Waals surface area contributed by atoms with Gasteiger partial charge in [0.1, 0.15) is 12.4 Å². The maximum Gasteiger partial charge on any atom is 0.434 e. The fourth-order valence-corrected chi connectivity index (χ4v) is 3.52. The summed E-state index contributed by atoms with van der Waals surface area (Å²) in [5.41, 5.74) is -1.35. The predicted octanol–water partition coefficient (Wildman–Crippen LogP) is 5.35. The van der Waals surface area contributed by atoms with Crippen LogP contribution in [0, 0.1) is 0 Å². The van der Waals surface area contributed by atoms with Crippen LogP contribution in [0.2, 0.25) is 5.02 Å². The summed E-state index contributed by atoms with van der Waals surface area (Å²) in [4.78, 5) is 12.7. The van der Waals surface area contributed by atoms with Crippen molar-refractivity contribution in [3.8, 4) is 11.4 Å². The van der Waals surface area contributed by atoms with Crippen LogP contribution in [0.3, 0.4) is 0 Å². The van der Waals surface area contributed by atoms with E-state index in [4.69, 9.17) is 21.1 Å². The average Bonchev–Trinajstić information content (AvgIpc) is 3.43. The maximum atomic E-state index is 13.8. The number of benzene rings is 2. The van der Waals surface area contributed by atoms with E-state index in [0.29, 0.717) is 34.4 Å². The molecule has 1 fully saturated rings. The Hall–Kier alpha value is -3.04. The number of ether oxygens (including phenoxy) is 2. The first kappa shape index (κ1) is 22.2. The summed E-state index contributed by atoms with van der Waals surface area (Å²) >= 11 is 5.81. The number of carbonyl (C=O) groups excluding carboxylic acids is 1. The van der Waals surface area contributed by atoms with Crippen molar-refractivity contribution in [2.24, 2.45) is 0 Å². The SMILES string of the molecule is O=C(Nc1cccc(OCC2CCCO2)c1)c1cnn(-c2ccc(Cl)cc2)c1C(F)(F)F. The molecule has 0 aliphatic carbocycles. The van der Waals surface area contributed by atoms with E-state index < -0.39 is 23.3 Å². The summed E-state index contributed by atoms with van der Waals surface area (Å²) in [7, 11) is 0. The van der Waals surface area contributed by atoms with E-state index in [1.54, 1.807) is 24.3 Å². The summed E-state index contributed by atoms with van der Waals surface area (Å²) in [6, 6.07) is 12.1. The molecule has 1 unspecified atom stereocenters. The van der Waals surface area contributed by atoms with Gasteiger partial charge in [-0.1, -0.05) is 17.7 Å². The number of aromatic nitrogens is 2. The lowest BCUT2D eigenvalue weighted by Gasteiger charge is -2.14. The highest BCUT2D eigenvalue weighted by atomic mass is 35.5. The molecular formula is C22H19ClF3N3O3. The van der Waals surface area contributed by atoms with Crippen molar-refractivity contribution in [2.75, 3.05) is 18.5 Å². The molecule has 1 aromatic heterocycles. The minimum Gasteiger partial charge on any atom is -0.491 e. The fraction of sp³-hybridized carbons (Fsp3) is 0.273. The van der Waals surface area contributed by atoms with Crippen molar-refractivity contribution >= 4 is 23.2 Å². The van der Waals surface area contributed by atoms with Crippen molar-refractivity contribution in [3.05, 3.63) is 71.0 Å². The van der Waals surface area contributed by atoms with Crippen molar-refractivity contribution in [1.82, 2.24) is 9.78 Å². The monoisotopic (exact) mass is 465 g/mol. The van der Waals surface area contributed by atoms with Crippen LogP contribution in [0.4, 0.5) is 18.9 Å². The van der Waals surface area contributed by atoms with Crippen LogP contribution in [0.25, 0.3) is 5.69 Å². The van der Waals surface area contributed by atoms with Gasteiger partial charge in [0.25, 0.3) is 5.91 Å². The lowest BCUT2D eigenvalue weighted by Crippen LogP contribution is -2.20. The van der Waals surface area contributed by atoms with E-state index in [1.165, 1.54) is 24.3 Å². The van der Waals surface area contributed by atoms with Gasteiger partial charge in [-0.05, 0) is 49.2 Å². The number of hydrogen-bond donors (Lipinski definition) is 1. The third-order valence-corrected chi connectivity index (χ3v) is 5.16. The topological polar surface area (TPSA) is 65.4 Å².